The van der Waals surface area contributed by atoms with Gasteiger partial charge in [0.15, 0.2) is 0 Å². The number of fused-ring (bicyclic) bond motifs is 1. The fourth-order valence-electron chi connectivity index (χ4n) is 3.74. The number of hydrogen-bond donors (Lipinski definition) is 0. The second-order valence-corrected chi connectivity index (χ2v) is 7.69. The summed E-state index contributed by atoms with van der Waals surface area (Å²) in [4.78, 5) is 26.6. The highest BCUT2D eigenvalue weighted by Gasteiger charge is 2.50. The van der Waals surface area contributed by atoms with Gasteiger partial charge in [-0.2, -0.15) is 0 Å². The summed E-state index contributed by atoms with van der Waals surface area (Å²) in [7, 11) is 0. The first kappa shape index (κ1) is 18.3. The zero-order valence-electron chi connectivity index (χ0n) is 16.1. The average Bonchev–Trinajstić information content (AvgIpc) is 3.18. The van der Waals surface area contributed by atoms with Gasteiger partial charge in [0.1, 0.15) is 16.9 Å². The molecule has 0 bridgehead atoms. The molecule has 1 fully saturated rings. The lowest BCUT2D eigenvalue weighted by Gasteiger charge is -2.28. The lowest BCUT2D eigenvalue weighted by molar-refractivity contribution is -0.129. The third-order valence-electron chi connectivity index (χ3n) is 5.26. The maximum atomic E-state index is 12.9. The molecule has 0 spiro atoms. The quantitative estimate of drug-likeness (QED) is 0.645. The predicted molar refractivity (Wildman–Crippen MR) is 106 cm³/mol. The molecule has 4 rings (SSSR count). The molecule has 5 nitrogen and oxygen atoms in total. The summed E-state index contributed by atoms with van der Waals surface area (Å²) >= 11 is 0. The van der Waals surface area contributed by atoms with E-state index in [1.54, 1.807) is 0 Å². The van der Waals surface area contributed by atoms with Gasteiger partial charge in [-0.15, -0.1) is 0 Å². The molecule has 0 aliphatic carbocycles. The second kappa shape index (κ2) is 7.15. The molecule has 1 aliphatic rings. The molecule has 2 aromatic carbocycles. The van der Waals surface area contributed by atoms with Gasteiger partial charge in [0.25, 0.3) is 0 Å². The van der Waals surface area contributed by atoms with Crippen molar-refractivity contribution in [2.75, 3.05) is 0 Å². The number of para-hydroxylation sites is 1. The van der Waals surface area contributed by atoms with Gasteiger partial charge in [0.2, 0.25) is 5.91 Å². The van der Waals surface area contributed by atoms with Crippen LogP contribution in [0.15, 0.2) is 65.1 Å². The Morgan fingerprint density at radius 2 is 1.79 bits per heavy atom. The number of imide groups is 1. The maximum Gasteiger partial charge on any atom is 0.417 e. The summed E-state index contributed by atoms with van der Waals surface area (Å²) in [6.45, 7) is 3.70. The highest BCUT2D eigenvalue weighted by Crippen LogP contribution is 2.32. The van der Waals surface area contributed by atoms with Gasteiger partial charge in [0.05, 0.1) is 6.04 Å². The van der Waals surface area contributed by atoms with Crippen molar-refractivity contribution in [1.29, 1.82) is 0 Å². The Morgan fingerprint density at radius 1 is 1.07 bits per heavy atom. The molecule has 144 valence electrons. The van der Waals surface area contributed by atoms with Crippen LogP contribution in [0.4, 0.5) is 4.79 Å². The minimum atomic E-state index is -0.734. The number of furan rings is 1. The monoisotopic (exact) mass is 377 g/mol. The minimum absolute atomic E-state index is 0.191. The van der Waals surface area contributed by atoms with E-state index < -0.39 is 11.7 Å². The van der Waals surface area contributed by atoms with Crippen LogP contribution in [0, 0.1) is 0 Å². The molecule has 3 aromatic rings. The molecule has 0 radical (unpaired) electrons. The fraction of sp³-hybridized carbons (Fsp3) is 0.304. The van der Waals surface area contributed by atoms with Crippen molar-refractivity contribution in [2.45, 2.75) is 44.8 Å². The Labute approximate surface area is 163 Å². The Morgan fingerprint density at radius 3 is 2.54 bits per heavy atom. The number of cyclic esters (lactones) is 1. The summed E-state index contributed by atoms with van der Waals surface area (Å²) in [5.41, 5.74) is 1.13. The van der Waals surface area contributed by atoms with E-state index in [9.17, 15) is 9.59 Å². The third-order valence-corrected chi connectivity index (χ3v) is 5.26. The molecule has 0 N–H and O–H groups in total. The Balaban J connectivity index is 1.49. The summed E-state index contributed by atoms with van der Waals surface area (Å²) in [6, 6.07) is 19.2. The first-order chi connectivity index (χ1) is 13.4. The van der Waals surface area contributed by atoms with Gasteiger partial charge < -0.3 is 9.15 Å². The maximum absolute atomic E-state index is 12.9. The van der Waals surface area contributed by atoms with Crippen LogP contribution < -0.4 is 0 Å². The van der Waals surface area contributed by atoms with E-state index in [0.29, 0.717) is 12.8 Å². The van der Waals surface area contributed by atoms with Gasteiger partial charge in [0, 0.05) is 18.2 Å². The molecule has 1 atom stereocenters. The Hall–Kier alpha value is -3.08. The smallest absolute Gasteiger partial charge is 0.417 e. The van der Waals surface area contributed by atoms with Crippen LogP contribution in [0.5, 0.6) is 0 Å². The average molecular weight is 377 g/mol. The van der Waals surface area contributed by atoms with Crippen LogP contribution in [-0.2, 0) is 22.4 Å². The lowest BCUT2D eigenvalue weighted by Crippen LogP contribution is -2.46. The number of carbonyl (C=O) groups excluding carboxylic acids is 2. The van der Waals surface area contributed by atoms with Gasteiger partial charge in [-0.05, 0) is 38.0 Å². The molecule has 2 amide bonds. The SMILES string of the molecule is CC1(C)OC(=O)N(C(=O)CCc2cc3ccccc3o2)[C@H]1Cc1ccccc1. The highest BCUT2D eigenvalue weighted by atomic mass is 16.6. The van der Waals surface area contributed by atoms with Crippen molar-refractivity contribution in [3.8, 4) is 0 Å². The van der Waals surface area contributed by atoms with E-state index in [1.807, 2.05) is 74.5 Å². The fourth-order valence-corrected chi connectivity index (χ4v) is 3.74. The molecule has 5 heteroatoms. The van der Waals surface area contributed by atoms with Gasteiger partial charge in [-0.3, -0.25) is 4.79 Å². The van der Waals surface area contributed by atoms with Crippen LogP contribution in [-0.4, -0.2) is 28.5 Å². The number of nitrogens with zero attached hydrogens (tertiary/aromatic N) is 1. The number of ether oxygens (including phenoxy) is 1. The zero-order chi connectivity index (χ0) is 19.7. The van der Waals surface area contributed by atoms with Crippen LogP contribution in [0.25, 0.3) is 11.0 Å². The van der Waals surface area contributed by atoms with E-state index in [2.05, 4.69) is 0 Å². The van der Waals surface area contributed by atoms with Crippen molar-refractivity contribution < 1.29 is 18.7 Å². The van der Waals surface area contributed by atoms with Gasteiger partial charge in [-0.25, -0.2) is 9.69 Å². The van der Waals surface area contributed by atoms with E-state index in [4.69, 9.17) is 9.15 Å². The van der Waals surface area contributed by atoms with Crippen LogP contribution >= 0.6 is 0 Å². The normalized spacial score (nSPS) is 18.4. The minimum Gasteiger partial charge on any atom is -0.461 e. The molecule has 1 aliphatic heterocycles. The number of benzene rings is 2. The van der Waals surface area contributed by atoms with E-state index in [0.717, 1.165) is 22.3 Å². The predicted octanol–water partition coefficient (Wildman–Crippen LogP) is 4.73. The van der Waals surface area contributed by atoms with E-state index in [-0.39, 0.29) is 18.4 Å². The van der Waals surface area contributed by atoms with Crippen molar-refractivity contribution >= 4 is 23.0 Å². The van der Waals surface area contributed by atoms with Crippen molar-refractivity contribution in [3.05, 3.63) is 72.0 Å². The molecule has 2 heterocycles. The number of rotatable bonds is 5. The van der Waals surface area contributed by atoms with E-state index in [1.165, 1.54) is 4.90 Å². The number of hydrogen-bond acceptors (Lipinski definition) is 4. The number of amides is 2. The van der Waals surface area contributed by atoms with Gasteiger partial charge in [-0.1, -0.05) is 48.5 Å². The number of carbonyl (C=O) groups is 2. The Bertz CT molecular complexity index is 973. The van der Waals surface area contributed by atoms with Crippen molar-refractivity contribution in [3.63, 3.8) is 0 Å². The van der Waals surface area contributed by atoms with Crippen molar-refractivity contribution in [1.82, 2.24) is 4.90 Å². The van der Waals surface area contributed by atoms with Crippen LogP contribution in [0.3, 0.4) is 0 Å². The number of aryl methyl sites for hydroxylation is 1. The summed E-state index contributed by atoms with van der Waals surface area (Å²) < 4.78 is 11.3. The zero-order valence-corrected chi connectivity index (χ0v) is 16.1. The lowest BCUT2D eigenvalue weighted by atomic mass is 9.92. The summed E-state index contributed by atoms with van der Waals surface area (Å²) in [6.07, 6.45) is 0.628. The topological polar surface area (TPSA) is 59.8 Å². The van der Waals surface area contributed by atoms with Crippen LogP contribution in [0.1, 0.15) is 31.6 Å². The molecule has 1 saturated heterocycles. The molecule has 0 saturated carbocycles. The summed E-state index contributed by atoms with van der Waals surface area (Å²) in [5.74, 6) is 0.498. The Kier molecular flexibility index (Phi) is 4.67. The molecule has 28 heavy (non-hydrogen) atoms. The third kappa shape index (κ3) is 3.52. The largest absolute Gasteiger partial charge is 0.461 e. The van der Waals surface area contributed by atoms with Crippen molar-refractivity contribution in [2.24, 2.45) is 0 Å². The molecule has 0 unspecified atom stereocenters. The molecular formula is C23H23NO4. The standard InChI is InChI=1S/C23H23NO4/c1-23(2)20(14-16-8-4-3-5-9-16)24(22(26)28-23)21(25)13-12-18-15-17-10-6-7-11-19(17)27-18/h3-11,15,20H,12-14H2,1-2H3/t20-/m0/s1. The van der Waals surface area contributed by atoms with Gasteiger partial charge >= 0.3 is 6.09 Å². The molecule has 1 aromatic heterocycles. The highest BCUT2D eigenvalue weighted by molar-refractivity contribution is 5.94. The first-order valence-electron chi connectivity index (χ1n) is 9.50. The molecular weight excluding hydrogens is 354 g/mol. The van der Waals surface area contributed by atoms with E-state index >= 15 is 0 Å². The summed E-state index contributed by atoms with van der Waals surface area (Å²) in [5, 5.41) is 1.01. The first-order valence-corrected chi connectivity index (χ1v) is 9.50. The van der Waals surface area contributed by atoms with Crippen LogP contribution in [0.2, 0.25) is 0 Å². The second-order valence-electron chi connectivity index (χ2n) is 7.69.